The highest BCUT2D eigenvalue weighted by atomic mass is 32.2. The van der Waals surface area contributed by atoms with Gasteiger partial charge in [0.1, 0.15) is 4.90 Å². The van der Waals surface area contributed by atoms with Gasteiger partial charge in [-0.05, 0) is 23.8 Å². The van der Waals surface area contributed by atoms with Crippen LogP contribution < -0.4 is 4.89 Å². The van der Waals surface area contributed by atoms with Gasteiger partial charge >= 0.3 is 6.18 Å². The first kappa shape index (κ1) is 19.6. The number of alkyl halides is 3. The standard InChI is InChI=1S/C15H14F3NO4S2/c1-24(20)13-8-4-5-9-14(13)25(21,22)19-23-10-11-6-2-3-7-12(11)15(16,17)18/h2-9,19H,10H2,1H3. The lowest BCUT2D eigenvalue weighted by Crippen LogP contribution is -2.25. The second-order valence-corrected chi connectivity index (χ2v) is 7.89. The van der Waals surface area contributed by atoms with Crippen LogP contribution in [0, 0.1) is 0 Å². The Morgan fingerprint density at radius 2 is 1.68 bits per heavy atom. The Labute approximate surface area is 145 Å². The van der Waals surface area contributed by atoms with Gasteiger partial charge < -0.3 is 0 Å². The summed E-state index contributed by atoms with van der Waals surface area (Å²) in [5.41, 5.74) is -1.13. The van der Waals surface area contributed by atoms with Gasteiger partial charge in [-0.25, -0.2) is 8.42 Å². The van der Waals surface area contributed by atoms with Crippen LogP contribution in [0.3, 0.4) is 0 Å². The van der Waals surface area contributed by atoms with E-state index in [1.54, 1.807) is 4.89 Å². The Hall–Kier alpha value is -1.75. The van der Waals surface area contributed by atoms with E-state index in [0.29, 0.717) is 0 Å². The van der Waals surface area contributed by atoms with E-state index < -0.39 is 39.2 Å². The van der Waals surface area contributed by atoms with Gasteiger partial charge in [0.2, 0.25) is 0 Å². The van der Waals surface area contributed by atoms with Crippen LogP contribution in [0.4, 0.5) is 13.2 Å². The molecule has 0 saturated heterocycles. The fraction of sp³-hybridized carbons (Fsp3) is 0.200. The van der Waals surface area contributed by atoms with Gasteiger partial charge in [-0.1, -0.05) is 35.2 Å². The van der Waals surface area contributed by atoms with Gasteiger partial charge in [0.25, 0.3) is 10.0 Å². The first-order chi connectivity index (χ1) is 11.6. The van der Waals surface area contributed by atoms with Gasteiger partial charge in [0.15, 0.2) is 0 Å². The molecule has 2 rings (SSSR count). The maximum Gasteiger partial charge on any atom is 0.416 e. The minimum atomic E-state index is -4.58. The van der Waals surface area contributed by atoms with E-state index in [0.717, 1.165) is 6.07 Å². The number of hydrogen-bond acceptors (Lipinski definition) is 4. The minimum Gasteiger partial charge on any atom is -0.282 e. The molecular formula is C15H14F3NO4S2. The summed E-state index contributed by atoms with van der Waals surface area (Å²) in [6.07, 6.45) is -3.26. The van der Waals surface area contributed by atoms with Gasteiger partial charge in [0.05, 0.1) is 27.9 Å². The fourth-order valence-electron chi connectivity index (χ4n) is 2.06. The molecule has 5 nitrogen and oxygen atoms in total. The number of benzene rings is 2. The molecule has 0 fully saturated rings. The zero-order valence-corrected chi connectivity index (χ0v) is 14.5. The summed E-state index contributed by atoms with van der Waals surface area (Å²) in [6.45, 7) is -0.619. The Bertz CT molecular complexity index is 882. The van der Waals surface area contributed by atoms with Crippen molar-refractivity contribution in [3.05, 3.63) is 59.7 Å². The number of rotatable bonds is 6. The highest BCUT2D eigenvalue weighted by molar-refractivity contribution is 7.90. The molecule has 0 amide bonds. The smallest absolute Gasteiger partial charge is 0.282 e. The Morgan fingerprint density at radius 1 is 1.08 bits per heavy atom. The Balaban J connectivity index is 2.17. The highest BCUT2D eigenvalue weighted by Gasteiger charge is 2.33. The number of halogens is 3. The van der Waals surface area contributed by atoms with Crippen molar-refractivity contribution in [2.75, 3.05) is 6.26 Å². The molecule has 0 aromatic heterocycles. The molecule has 10 heteroatoms. The summed E-state index contributed by atoms with van der Waals surface area (Å²) in [5.74, 6) is 0. The number of nitrogens with one attached hydrogen (secondary N) is 1. The molecule has 0 heterocycles. The second kappa shape index (κ2) is 7.65. The fourth-order valence-corrected chi connectivity index (χ4v) is 4.26. The summed E-state index contributed by atoms with van der Waals surface area (Å²) in [7, 11) is -5.77. The lowest BCUT2D eigenvalue weighted by molar-refractivity contribution is -0.139. The van der Waals surface area contributed by atoms with E-state index in [9.17, 15) is 25.8 Å². The predicted octanol–water partition coefficient (Wildman–Crippen LogP) is 2.85. The molecule has 2 aromatic carbocycles. The van der Waals surface area contributed by atoms with E-state index in [2.05, 4.69) is 0 Å². The maximum atomic E-state index is 12.9. The van der Waals surface area contributed by atoms with Crippen molar-refractivity contribution in [3.8, 4) is 0 Å². The highest BCUT2D eigenvalue weighted by Crippen LogP contribution is 2.32. The minimum absolute atomic E-state index is 0.0642. The summed E-state index contributed by atoms with van der Waals surface area (Å²) in [5, 5.41) is 0. The van der Waals surface area contributed by atoms with Crippen LogP contribution >= 0.6 is 0 Å². The maximum absolute atomic E-state index is 12.9. The molecule has 25 heavy (non-hydrogen) atoms. The van der Waals surface area contributed by atoms with E-state index in [1.807, 2.05) is 0 Å². The largest absolute Gasteiger partial charge is 0.416 e. The first-order valence-corrected chi connectivity index (χ1v) is 9.88. The molecule has 1 N–H and O–H groups in total. The van der Waals surface area contributed by atoms with Crippen molar-refractivity contribution in [1.82, 2.24) is 4.89 Å². The van der Waals surface area contributed by atoms with Crippen LogP contribution in [0.1, 0.15) is 11.1 Å². The van der Waals surface area contributed by atoms with Crippen molar-refractivity contribution in [2.24, 2.45) is 0 Å². The lowest BCUT2D eigenvalue weighted by atomic mass is 10.1. The van der Waals surface area contributed by atoms with Crippen LogP contribution in [0.2, 0.25) is 0 Å². The molecule has 0 aliphatic carbocycles. The molecule has 0 saturated carbocycles. The molecule has 2 aromatic rings. The predicted molar refractivity (Wildman–Crippen MR) is 85.3 cm³/mol. The monoisotopic (exact) mass is 393 g/mol. The SMILES string of the molecule is CS(=O)c1ccccc1S(=O)(=O)NOCc1ccccc1C(F)(F)F. The third kappa shape index (κ3) is 4.88. The average molecular weight is 393 g/mol. The molecule has 0 bridgehead atoms. The molecule has 0 radical (unpaired) electrons. The number of sulfonamides is 1. The summed E-state index contributed by atoms with van der Waals surface area (Å²) >= 11 is 0. The average Bonchev–Trinajstić information content (AvgIpc) is 2.54. The molecule has 1 atom stereocenters. The van der Waals surface area contributed by atoms with E-state index in [1.165, 1.54) is 48.7 Å². The van der Waals surface area contributed by atoms with Gasteiger partial charge in [-0.2, -0.15) is 13.2 Å². The zero-order valence-electron chi connectivity index (χ0n) is 12.9. The molecule has 0 aliphatic rings. The zero-order chi connectivity index (χ0) is 18.7. The second-order valence-electron chi connectivity index (χ2n) is 4.93. The van der Waals surface area contributed by atoms with Crippen LogP contribution in [0.5, 0.6) is 0 Å². The molecule has 0 aliphatic heterocycles. The van der Waals surface area contributed by atoms with Crippen LogP contribution in [-0.4, -0.2) is 18.9 Å². The summed E-state index contributed by atoms with van der Waals surface area (Å²) in [6, 6.07) is 10.2. The van der Waals surface area contributed by atoms with Crippen molar-refractivity contribution in [2.45, 2.75) is 22.6 Å². The van der Waals surface area contributed by atoms with Crippen LogP contribution in [-0.2, 0) is 38.4 Å². The molecular weight excluding hydrogens is 379 g/mol. The van der Waals surface area contributed by atoms with E-state index in [4.69, 9.17) is 4.84 Å². The van der Waals surface area contributed by atoms with Gasteiger partial charge in [0, 0.05) is 6.26 Å². The van der Waals surface area contributed by atoms with Gasteiger partial charge in [-0.3, -0.25) is 9.05 Å². The van der Waals surface area contributed by atoms with E-state index >= 15 is 0 Å². The molecule has 1 unspecified atom stereocenters. The van der Waals surface area contributed by atoms with E-state index in [-0.39, 0.29) is 15.4 Å². The van der Waals surface area contributed by atoms with Crippen molar-refractivity contribution in [1.29, 1.82) is 0 Å². The summed E-state index contributed by atoms with van der Waals surface area (Å²) in [4.78, 5) is 6.34. The van der Waals surface area contributed by atoms with Crippen LogP contribution in [0.25, 0.3) is 0 Å². The lowest BCUT2D eigenvalue weighted by Gasteiger charge is -2.13. The Kier molecular flexibility index (Phi) is 5.99. The third-order valence-corrected chi connectivity index (χ3v) is 5.54. The topological polar surface area (TPSA) is 72.5 Å². The normalized spacial score (nSPS) is 13.6. The summed E-state index contributed by atoms with van der Waals surface area (Å²) < 4.78 is 74.8. The van der Waals surface area contributed by atoms with Crippen LogP contribution in [0.15, 0.2) is 58.3 Å². The quantitative estimate of drug-likeness (QED) is 0.766. The molecule has 136 valence electrons. The van der Waals surface area contributed by atoms with Crippen molar-refractivity contribution < 1.29 is 30.6 Å². The number of hydrogen-bond donors (Lipinski definition) is 1. The van der Waals surface area contributed by atoms with Gasteiger partial charge in [-0.15, -0.1) is 0 Å². The molecule has 0 spiro atoms. The third-order valence-electron chi connectivity index (χ3n) is 3.17. The first-order valence-electron chi connectivity index (χ1n) is 6.84. The van der Waals surface area contributed by atoms with Crippen molar-refractivity contribution >= 4 is 20.8 Å². The Morgan fingerprint density at radius 3 is 2.32 bits per heavy atom. The van der Waals surface area contributed by atoms with Crippen molar-refractivity contribution in [3.63, 3.8) is 0 Å².